The molecule has 13 rings (SSSR count). The van der Waals surface area contributed by atoms with Crippen LogP contribution in [0.5, 0.6) is 0 Å². The number of hydrogen-bond donors (Lipinski definition) is 0. The number of hydrogen-bond acceptors (Lipinski definition) is 2. The molecule has 0 fully saturated rings. The highest BCUT2D eigenvalue weighted by molar-refractivity contribution is 6.23. The lowest BCUT2D eigenvalue weighted by molar-refractivity contribution is 0.660. The maximum Gasteiger partial charge on any atom is 0.0534 e. The number of para-hydroxylation sites is 2. The van der Waals surface area contributed by atoms with Crippen molar-refractivity contribution < 1.29 is 0 Å². The molecule has 0 radical (unpaired) electrons. The largest absolute Gasteiger partial charge is 0.310 e. The van der Waals surface area contributed by atoms with Crippen molar-refractivity contribution in [1.29, 1.82) is 0 Å². The third-order valence-corrected chi connectivity index (χ3v) is 14.7. The Hall–Kier alpha value is -7.68. The number of anilines is 4. The van der Waals surface area contributed by atoms with Crippen molar-refractivity contribution in [2.75, 3.05) is 9.80 Å². The third-order valence-electron chi connectivity index (χ3n) is 14.7. The summed E-state index contributed by atoms with van der Waals surface area (Å²) in [6.07, 6.45) is 22.8. The molecule has 2 aliphatic heterocycles. The first-order chi connectivity index (χ1) is 32.0. The van der Waals surface area contributed by atoms with E-state index < -0.39 is 0 Å². The van der Waals surface area contributed by atoms with E-state index in [1.54, 1.807) is 0 Å². The summed E-state index contributed by atoms with van der Waals surface area (Å²) in [6, 6.07) is 59.6. The second kappa shape index (κ2) is 14.7. The lowest BCUT2D eigenvalue weighted by Gasteiger charge is -2.31. The molecule has 8 aromatic carbocycles. The molecule has 0 atom stereocenters. The first-order valence-corrected chi connectivity index (χ1v) is 23.3. The molecule has 2 nitrogen and oxygen atoms in total. The van der Waals surface area contributed by atoms with E-state index in [1.165, 1.54) is 111 Å². The topological polar surface area (TPSA) is 6.48 Å². The molecular formula is C63H48N2. The van der Waals surface area contributed by atoms with Gasteiger partial charge in [-0.3, -0.25) is 0 Å². The lowest BCUT2D eigenvalue weighted by atomic mass is 9.80. The van der Waals surface area contributed by atoms with Crippen LogP contribution < -0.4 is 9.80 Å². The lowest BCUT2D eigenvalue weighted by Crippen LogP contribution is -2.18. The Balaban J connectivity index is 1.13. The molecule has 0 aromatic heterocycles. The zero-order valence-electron chi connectivity index (χ0n) is 36.9. The quantitative estimate of drug-likeness (QED) is 0.163. The summed E-state index contributed by atoms with van der Waals surface area (Å²) < 4.78 is 0. The van der Waals surface area contributed by atoms with Crippen LogP contribution in [0.3, 0.4) is 0 Å². The fraction of sp³-hybridized carbons (Fsp3) is 0.111. The van der Waals surface area contributed by atoms with E-state index >= 15 is 0 Å². The van der Waals surface area contributed by atoms with Gasteiger partial charge in [0.25, 0.3) is 0 Å². The summed E-state index contributed by atoms with van der Waals surface area (Å²) in [5.74, 6) is 0. The van der Waals surface area contributed by atoms with Crippen LogP contribution in [0.2, 0.25) is 0 Å². The molecule has 0 bridgehead atoms. The summed E-state index contributed by atoms with van der Waals surface area (Å²) in [5.41, 5.74) is 22.7. The van der Waals surface area contributed by atoms with Crippen molar-refractivity contribution >= 4 is 56.4 Å². The second-order valence-corrected chi connectivity index (χ2v) is 18.7. The standard InChI is InChI=1S/C63H48N2/c1-63(2)55-23-11-10-22-49(55)50-35-32-46(38-56(50)63)62-52-37-34-47(64-57-24-12-6-16-41(57)28-29-42-17-7-13-25-58(42)64)39-53(52)61(45-20-4-3-5-21-45)51-36-33-48(40-54(51)62)65-59-26-14-8-18-43(59)30-31-44-19-9-15-27-60(44)65/h3-6,8,10-16,18,20-40H,7,9,17,19H2,1-2H3. The summed E-state index contributed by atoms with van der Waals surface area (Å²) in [5, 5.41) is 4.98. The number of fused-ring (bicyclic) bond motifs is 7. The molecular weight excluding hydrogens is 785 g/mol. The maximum atomic E-state index is 2.52. The van der Waals surface area contributed by atoms with E-state index in [2.05, 4.69) is 230 Å². The van der Waals surface area contributed by atoms with E-state index in [1.807, 2.05) is 0 Å². The highest BCUT2D eigenvalue weighted by Crippen LogP contribution is 2.53. The number of rotatable bonds is 4. The summed E-state index contributed by atoms with van der Waals surface area (Å²) in [6.45, 7) is 4.79. The highest BCUT2D eigenvalue weighted by Gasteiger charge is 2.36. The zero-order valence-corrected chi connectivity index (χ0v) is 36.9. The molecule has 2 heterocycles. The number of allylic oxidation sites excluding steroid dienone is 8. The van der Waals surface area contributed by atoms with Crippen molar-refractivity contribution in [3.05, 3.63) is 239 Å². The Morgan fingerprint density at radius 2 is 0.923 bits per heavy atom. The van der Waals surface area contributed by atoms with Crippen LogP contribution in [0.15, 0.2) is 217 Å². The molecule has 0 unspecified atom stereocenters. The van der Waals surface area contributed by atoms with E-state index in [9.17, 15) is 0 Å². The average molecular weight is 833 g/mol. The Morgan fingerprint density at radius 1 is 0.400 bits per heavy atom. The Morgan fingerprint density at radius 3 is 1.54 bits per heavy atom. The molecule has 8 aromatic rings. The van der Waals surface area contributed by atoms with Gasteiger partial charge in [-0.2, -0.15) is 0 Å². The second-order valence-electron chi connectivity index (χ2n) is 18.7. The van der Waals surface area contributed by atoms with Gasteiger partial charge in [0.2, 0.25) is 0 Å². The molecule has 310 valence electrons. The van der Waals surface area contributed by atoms with Crippen molar-refractivity contribution in [3.8, 4) is 33.4 Å². The minimum atomic E-state index is -0.137. The smallest absolute Gasteiger partial charge is 0.0534 e. The van der Waals surface area contributed by atoms with E-state index in [4.69, 9.17) is 0 Å². The van der Waals surface area contributed by atoms with Crippen molar-refractivity contribution in [2.45, 2.75) is 44.9 Å². The first-order valence-electron chi connectivity index (χ1n) is 23.3. The predicted molar refractivity (Wildman–Crippen MR) is 276 cm³/mol. The third kappa shape index (κ3) is 5.87. The molecule has 0 N–H and O–H groups in total. The van der Waals surface area contributed by atoms with Gasteiger partial charge in [0, 0.05) is 28.2 Å². The van der Waals surface area contributed by atoms with Crippen LogP contribution in [0.25, 0.3) is 67.1 Å². The van der Waals surface area contributed by atoms with Gasteiger partial charge in [0.15, 0.2) is 0 Å². The zero-order chi connectivity index (χ0) is 43.2. The molecule has 2 heteroatoms. The predicted octanol–water partition coefficient (Wildman–Crippen LogP) is 17.2. The maximum absolute atomic E-state index is 2.52. The van der Waals surface area contributed by atoms with Crippen LogP contribution >= 0.6 is 0 Å². The van der Waals surface area contributed by atoms with Crippen LogP contribution in [0, 0.1) is 0 Å². The van der Waals surface area contributed by atoms with Gasteiger partial charge in [-0.1, -0.05) is 166 Å². The fourth-order valence-electron chi connectivity index (χ4n) is 11.5. The van der Waals surface area contributed by atoms with Crippen LogP contribution in [0.1, 0.15) is 61.8 Å². The Labute approximate surface area is 381 Å². The minimum absolute atomic E-state index is 0.137. The summed E-state index contributed by atoms with van der Waals surface area (Å²) in [7, 11) is 0. The molecule has 0 saturated carbocycles. The van der Waals surface area contributed by atoms with E-state index in [0.29, 0.717) is 0 Å². The summed E-state index contributed by atoms with van der Waals surface area (Å²) in [4.78, 5) is 5.01. The van der Waals surface area contributed by atoms with Gasteiger partial charge in [-0.25, -0.2) is 0 Å². The van der Waals surface area contributed by atoms with Crippen LogP contribution in [0.4, 0.5) is 22.7 Å². The van der Waals surface area contributed by atoms with E-state index in [0.717, 1.165) is 37.1 Å². The SMILES string of the molecule is CC1(C)c2ccccc2-c2ccc(-c3c4ccc(N5C6=C(C=Cc7ccccc75)CCC=C6)cc4c(-c4ccccc4)c4ccc(N5C6=C(C=Cc7ccccc75)CCC=C6)cc34)cc21. The molecule has 5 aliphatic rings. The van der Waals surface area contributed by atoms with Crippen molar-refractivity contribution in [2.24, 2.45) is 0 Å². The Kier molecular flexibility index (Phi) is 8.55. The minimum Gasteiger partial charge on any atom is -0.310 e. The molecule has 0 saturated heterocycles. The van der Waals surface area contributed by atoms with Crippen LogP contribution in [-0.2, 0) is 5.41 Å². The number of nitrogens with zero attached hydrogens (tertiary/aromatic N) is 2. The van der Waals surface area contributed by atoms with Gasteiger partial charge in [0.1, 0.15) is 0 Å². The van der Waals surface area contributed by atoms with Gasteiger partial charge >= 0.3 is 0 Å². The van der Waals surface area contributed by atoms with Gasteiger partial charge in [-0.05, 0) is 169 Å². The molecule has 3 aliphatic carbocycles. The highest BCUT2D eigenvalue weighted by atomic mass is 15.2. The number of benzene rings is 8. The fourth-order valence-corrected chi connectivity index (χ4v) is 11.5. The molecule has 0 spiro atoms. The first kappa shape index (κ1) is 37.8. The van der Waals surface area contributed by atoms with E-state index in [-0.39, 0.29) is 5.41 Å². The van der Waals surface area contributed by atoms with Gasteiger partial charge < -0.3 is 9.80 Å². The van der Waals surface area contributed by atoms with Crippen LogP contribution in [-0.4, -0.2) is 0 Å². The summed E-state index contributed by atoms with van der Waals surface area (Å²) >= 11 is 0. The van der Waals surface area contributed by atoms with Gasteiger partial charge in [0.05, 0.1) is 11.4 Å². The van der Waals surface area contributed by atoms with Crippen molar-refractivity contribution in [1.82, 2.24) is 0 Å². The normalized spacial score (nSPS) is 16.5. The molecule has 0 amide bonds. The van der Waals surface area contributed by atoms with Gasteiger partial charge in [-0.15, -0.1) is 0 Å². The molecule has 65 heavy (non-hydrogen) atoms. The average Bonchev–Trinajstić information content (AvgIpc) is 3.47. The monoisotopic (exact) mass is 832 g/mol. The van der Waals surface area contributed by atoms with Crippen molar-refractivity contribution in [3.63, 3.8) is 0 Å². The Bertz CT molecular complexity index is 3510.